The lowest BCUT2D eigenvalue weighted by atomic mass is 10.1. The fraction of sp³-hybridized carbons (Fsp3) is 0.150. The minimum Gasteiger partial charge on any atom is -0.324 e. The number of H-pyrrole nitrogens is 1. The van der Waals surface area contributed by atoms with Gasteiger partial charge in [-0.05, 0) is 68.3 Å². The van der Waals surface area contributed by atoms with Crippen molar-refractivity contribution in [2.24, 2.45) is 0 Å². The first-order chi connectivity index (χ1) is 12.8. The van der Waals surface area contributed by atoms with Crippen LogP contribution in [0.2, 0.25) is 0 Å². The van der Waals surface area contributed by atoms with Crippen molar-refractivity contribution >= 4 is 11.6 Å². The van der Waals surface area contributed by atoms with Gasteiger partial charge < -0.3 is 10.3 Å². The summed E-state index contributed by atoms with van der Waals surface area (Å²) in [5, 5.41) is 2.51. The molecule has 27 heavy (non-hydrogen) atoms. The van der Waals surface area contributed by atoms with Crippen molar-refractivity contribution < 1.29 is 9.18 Å². The molecule has 0 aliphatic heterocycles. The smallest absolute Gasteiger partial charge is 0.271 e. The number of aryl methyl sites for hydroxylation is 3. The van der Waals surface area contributed by atoms with Crippen molar-refractivity contribution in [3.05, 3.63) is 91.5 Å². The first-order valence-corrected chi connectivity index (χ1v) is 8.28. The van der Waals surface area contributed by atoms with E-state index in [-0.39, 0.29) is 11.3 Å². The molecule has 2 N–H and O–H groups in total. The molecule has 7 heteroatoms. The Balaban J connectivity index is 2.04. The zero-order valence-corrected chi connectivity index (χ0v) is 15.1. The molecule has 0 spiro atoms. The Morgan fingerprint density at radius 3 is 2.37 bits per heavy atom. The molecule has 1 amide bonds. The van der Waals surface area contributed by atoms with Crippen LogP contribution in [0.25, 0.3) is 5.69 Å². The summed E-state index contributed by atoms with van der Waals surface area (Å²) in [4.78, 5) is 40.2. The van der Waals surface area contributed by atoms with E-state index in [0.29, 0.717) is 16.9 Å². The Bertz CT molecular complexity index is 1140. The molecule has 2 heterocycles. The van der Waals surface area contributed by atoms with Gasteiger partial charge in [0.2, 0.25) is 0 Å². The summed E-state index contributed by atoms with van der Waals surface area (Å²) in [7, 11) is 0. The van der Waals surface area contributed by atoms with Crippen LogP contribution in [0.3, 0.4) is 0 Å². The third kappa shape index (κ3) is 3.57. The van der Waals surface area contributed by atoms with E-state index in [2.05, 4.69) is 10.3 Å². The second-order valence-corrected chi connectivity index (χ2v) is 6.30. The van der Waals surface area contributed by atoms with E-state index in [4.69, 9.17) is 0 Å². The lowest BCUT2D eigenvalue weighted by Gasteiger charge is -2.12. The van der Waals surface area contributed by atoms with Crippen LogP contribution in [-0.4, -0.2) is 15.5 Å². The molecule has 0 aliphatic carbocycles. The van der Waals surface area contributed by atoms with E-state index < -0.39 is 22.8 Å². The lowest BCUT2D eigenvalue weighted by Crippen LogP contribution is -2.31. The van der Waals surface area contributed by atoms with Crippen LogP contribution in [0.5, 0.6) is 0 Å². The maximum Gasteiger partial charge on any atom is 0.271 e. The highest BCUT2D eigenvalue weighted by Gasteiger charge is 2.18. The molecule has 3 aromatic rings. The van der Waals surface area contributed by atoms with Crippen LogP contribution >= 0.6 is 0 Å². The Morgan fingerprint density at radius 1 is 1.04 bits per heavy atom. The Labute approximate surface area is 154 Å². The molecule has 0 radical (unpaired) electrons. The van der Waals surface area contributed by atoms with Crippen molar-refractivity contribution in [2.75, 3.05) is 5.32 Å². The second-order valence-electron chi connectivity index (χ2n) is 6.30. The van der Waals surface area contributed by atoms with Gasteiger partial charge >= 0.3 is 0 Å². The van der Waals surface area contributed by atoms with Gasteiger partial charge in [0.15, 0.2) is 0 Å². The number of rotatable bonds is 3. The van der Waals surface area contributed by atoms with E-state index in [1.54, 1.807) is 32.9 Å². The molecule has 0 aliphatic rings. The molecule has 138 valence electrons. The summed E-state index contributed by atoms with van der Waals surface area (Å²) < 4.78 is 14.4. The molecule has 1 aromatic carbocycles. The van der Waals surface area contributed by atoms with E-state index in [1.165, 1.54) is 35.0 Å². The Kier molecular flexibility index (Phi) is 4.77. The summed E-state index contributed by atoms with van der Waals surface area (Å²) in [5.74, 6) is -1.10. The van der Waals surface area contributed by atoms with Gasteiger partial charge in [-0.15, -0.1) is 0 Å². The van der Waals surface area contributed by atoms with Crippen LogP contribution in [0.1, 0.15) is 27.2 Å². The molecule has 0 atom stereocenters. The zero-order valence-electron chi connectivity index (χ0n) is 15.1. The SMILES string of the molecule is Cc1cc(NC(=O)c2c(C)ccn(-c3ccc(F)cc3)c2=O)c(=O)[nH]c1C. The summed E-state index contributed by atoms with van der Waals surface area (Å²) in [5.41, 5.74) is 1.39. The molecule has 0 saturated carbocycles. The van der Waals surface area contributed by atoms with E-state index in [0.717, 1.165) is 5.56 Å². The standard InChI is InChI=1S/C20H18FN3O3/c1-11-8-9-24(15-6-4-14(21)5-7-15)20(27)17(11)19(26)23-16-10-12(2)13(3)22-18(16)25/h4-10H,1-3H3,(H,22,25)(H,23,26). The van der Waals surface area contributed by atoms with Gasteiger partial charge in [-0.3, -0.25) is 19.0 Å². The van der Waals surface area contributed by atoms with Crippen LogP contribution in [0.15, 0.2) is 52.2 Å². The van der Waals surface area contributed by atoms with Crippen molar-refractivity contribution in [1.82, 2.24) is 9.55 Å². The molecule has 6 nitrogen and oxygen atoms in total. The molecule has 0 fully saturated rings. The van der Waals surface area contributed by atoms with Crippen LogP contribution < -0.4 is 16.4 Å². The quantitative estimate of drug-likeness (QED) is 0.747. The first-order valence-electron chi connectivity index (χ1n) is 8.28. The van der Waals surface area contributed by atoms with Gasteiger partial charge in [-0.2, -0.15) is 0 Å². The molecule has 0 bridgehead atoms. The van der Waals surface area contributed by atoms with Crippen LogP contribution in [0.4, 0.5) is 10.1 Å². The normalized spacial score (nSPS) is 10.7. The van der Waals surface area contributed by atoms with E-state index in [1.807, 2.05) is 0 Å². The highest BCUT2D eigenvalue weighted by Crippen LogP contribution is 2.12. The monoisotopic (exact) mass is 367 g/mol. The number of hydrogen-bond donors (Lipinski definition) is 2. The highest BCUT2D eigenvalue weighted by atomic mass is 19.1. The van der Waals surface area contributed by atoms with Gasteiger partial charge in [0, 0.05) is 17.6 Å². The zero-order chi connectivity index (χ0) is 19.7. The number of nitrogens with one attached hydrogen (secondary N) is 2. The fourth-order valence-corrected chi connectivity index (χ4v) is 2.71. The van der Waals surface area contributed by atoms with Crippen LogP contribution in [-0.2, 0) is 0 Å². The van der Waals surface area contributed by atoms with Gasteiger partial charge in [-0.25, -0.2) is 4.39 Å². The summed E-state index contributed by atoms with van der Waals surface area (Å²) in [6, 6.07) is 8.53. The molecular weight excluding hydrogens is 349 g/mol. The Hall–Kier alpha value is -3.48. The highest BCUT2D eigenvalue weighted by molar-refractivity contribution is 6.05. The molecule has 3 rings (SSSR count). The number of carbonyl (C=O) groups excluding carboxylic acids is 1. The number of pyridine rings is 2. The number of carbonyl (C=O) groups is 1. The largest absolute Gasteiger partial charge is 0.324 e. The van der Waals surface area contributed by atoms with Crippen molar-refractivity contribution in [3.63, 3.8) is 0 Å². The number of aromatic nitrogens is 2. The van der Waals surface area contributed by atoms with Crippen molar-refractivity contribution in [3.8, 4) is 5.69 Å². The van der Waals surface area contributed by atoms with E-state index >= 15 is 0 Å². The van der Waals surface area contributed by atoms with Gasteiger partial charge in [-0.1, -0.05) is 0 Å². The number of anilines is 1. The maximum atomic E-state index is 13.1. The maximum absolute atomic E-state index is 13.1. The molecule has 0 saturated heterocycles. The third-order valence-electron chi connectivity index (χ3n) is 4.38. The number of hydrogen-bond acceptors (Lipinski definition) is 3. The Morgan fingerprint density at radius 2 is 1.70 bits per heavy atom. The predicted octanol–water partition coefficient (Wildman–Crippen LogP) is 2.84. The summed E-state index contributed by atoms with van der Waals surface area (Å²) in [6.45, 7) is 5.19. The third-order valence-corrected chi connectivity index (χ3v) is 4.38. The minimum absolute atomic E-state index is 0.0686. The van der Waals surface area contributed by atoms with Gasteiger partial charge in [0.25, 0.3) is 17.0 Å². The average Bonchev–Trinajstić information content (AvgIpc) is 2.61. The first kappa shape index (κ1) is 18.3. The van der Waals surface area contributed by atoms with Gasteiger partial charge in [0.05, 0.1) is 0 Å². The number of aromatic amines is 1. The summed E-state index contributed by atoms with van der Waals surface area (Å²) in [6.07, 6.45) is 1.52. The van der Waals surface area contributed by atoms with Crippen molar-refractivity contribution in [2.45, 2.75) is 20.8 Å². The number of halogens is 1. The van der Waals surface area contributed by atoms with Crippen molar-refractivity contribution in [1.29, 1.82) is 0 Å². The number of amides is 1. The molecule has 2 aromatic heterocycles. The molecule has 0 unspecified atom stereocenters. The fourth-order valence-electron chi connectivity index (χ4n) is 2.71. The van der Waals surface area contributed by atoms with E-state index in [9.17, 15) is 18.8 Å². The number of benzene rings is 1. The number of nitrogens with zero attached hydrogens (tertiary/aromatic N) is 1. The predicted molar refractivity (Wildman–Crippen MR) is 101 cm³/mol. The molecular formula is C20H18FN3O3. The second kappa shape index (κ2) is 7.03. The topological polar surface area (TPSA) is 84.0 Å². The summed E-state index contributed by atoms with van der Waals surface area (Å²) >= 11 is 0. The lowest BCUT2D eigenvalue weighted by molar-refractivity contribution is 0.102. The van der Waals surface area contributed by atoms with Crippen LogP contribution in [0, 0.1) is 26.6 Å². The van der Waals surface area contributed by atoms with Gasteiger partial charge in [0.1, 0.15) is 17.1 Å². The minimum atomic E-state index is -0.678. The average molecular weight is 367 g/mol.